The SMILES string of the molecule is CN1CCN(c2ccc(Nc3ncnc4c3ccn4C)cc2)CC1. The van der Waals surface area contributed by atoms with Crippen molar-refractivity contribution >= 4 is 28.2 Å². The van der Waals surface area contributed by atoms with Gasteiger partial charge in [0.1, 0.15) is 17.8 Å². The van der Waals surface area contributed by atoms with E-state index in [1.54, 1.807) is 6.33 Å². The average molecular weight is 322 g/mol. The van der Waals surface area contributed by atoms with Crippen LogP contribution in [0.15, 0.2) is 42.9 Å². The Bertz CT molecular complexity index is 830. The van der Waals surface area contributed by atoms with Crippen molar-refractivity contribution in [3.63, 3.8) is 0 Å². The molecule has 0 radical (unpaired) electrons. The second-order valence-electron chi connectivity index (χ2n) is 6.35. The number of aryl methyl sites for hydroxylation is 1. The number of likely N-dealkylation sites (N-methyl/N-ethyl adjacent to an activating group) is 1. The first-order valence-corrected chi connectivity index (χ1v) is 8.27. The molecule has 0 amide bonds. The lowest BCUT2D eigenvalue weighted by Crippen LogP contribution is -2.44. The van der Waals surface area contributed by atoms with Gasteiger partial charge in [0.05, 0.1) is 5.39 Å². The lowest BCUT2D eigenvalue weighted by Gasteiger charge is -2.34. The highest BCUT2D eigenvalue weighted by Gasteiger charge is 2.14. The van der Waals surface area contributed by atoms with E-state index in [0.29, 0.717) is 0 Å². The van der Waals surface area contributed by atoms with E-state index in [2.05, 4.69) is 56.4 Å². The van der Waals surface area contributed by atoms with Gasteiger partial charge in [-0.2, -0.15) is 0 Å². The molecule has 0 bridgehead atoms. The van der Waals surface area contributed by atoms with E-state index in [4.69, 9.17) is 0 Å². The molecule has 1 aliphatic heterocycles. The Kier molecular flexibility index (Phi) is 3.82. The smallest absolute Gasteiger partial charge is 0.145 e. The van der Waals surface area contributed by atoms with Crippen LogP contribution in [-0.2, 0) is 7.05 Å². The maximum Gasteiger partial charge on any atom is 0.145 e. The predicted molar refractivity (Wildman–Crippen MR) is 97.9 cm³/mol. The number of nitrogens with one attached hydrogen (secondary N) is 1. The van der Waals surface area contributed by atoms with Crippen LogP contribution in [0.5, 0.6) is 0 Å². The summed E-state index contributed by atoms with van der Waals surface area (Å²) >= 11 is 0. The van der Waals surface area contributed by atoms with Gasteiger partial charge in [-0.05, 0) is 37.4 Å². The number of aromatic nitrogens is 3. The van der Waals surface area contributed by atoms with Gasteiger partial charge in [-0.15, -0.1) is 0 Å². The predicted octanol–water partition coefficient (Wildman–Crippen LogP) is 2.46. The average Bonchev–Trinajstić information content (AvgIpc) is 2.99. The molecule has 0 saturated carbocycles. The molecule has 24 heavy (non-hydrogen) atoms. The fraction of sp³-hybridized carbons (Fsp3) is 0.333. The molecule has 1 saturated heterocycles. The first-order chi connectivity index (χ1) is 11.7. The zero-order chi connectivity index (χ0) is 16.5. The molecular formula is C18H22N6. The van der Waals surface area contributed by atoms with Crippen molar-refractivity contribution in [2.45, 2.75) is 0 Å². The van der Waals surface area contributed by atoms with Gasteiger partial charge >= 0.3 is 0 Å². The highest BCUT2D eigenvalue weighted by Crippen LogP contribution is 2.25. The van der Waals surface area contributed by atoms with E-state index in [-0.39, 0.29) is 0 Å². The molecule has 0 aliphatic carbocycles. The van der Waals surface area contributed by atoms with Gasteiger partial charge in [0.2, 0.25) is 0 Å². The molecule has 0 unspecified atom stereocenters. The van der Waals surface area contributed by atoms with E-state index < -0.39 is 0 Å². The van der Waals surface area contributed by atoms with Gasteiger partial charge in [0.25, 0.3) is 0 Å². The van der Waals surface area contributed by atoms with E-state index in [1.165, 1.54) is 5.69 Å². The molecule has 6 heteroatoms. The van der Waals surface area contributed by atoms with Crippen molar-refractivity contribution in [2.75, 3.05) is 43.4 Å². The van der Waals surface area contributed by atoms with Crippen LogP contribution in [0.4, 0.5) is 17.2 Å². The van der Waals surface area contributed by atoms with Crippen molar-refractivity contribution in [2.24, 2.45) is 7.05 Å². The topological polar surface area (TPSA) is 49.2 Å². The van der Waals surface area contributed by atoms with Crippen LogP contribution in [0, 0.1) is 0 Å². The zero-order valence-electron chi connectivity index (χ0n) is 14.1. The number of benzene rings is 1. The van der Waals surface area contributed by atoms with Gasteiger partial charge < -0.3 is 19.7 Å². The van der Waals surface area contributed by atoms with Crippen molar-refractivity contribution in [3.05, 3.63) is 42.9 Å². The molecule has 4 rings (SSSR count). The minimum Gasteiger partial charge on any atom is -0.369 e. The molecule has 0 spiro atoms. The number of nitrogens with zero attached hydrogens (tertiary/aromatic N) is 5. The Balaban J connectivity index is 1.53. The van der Waals surface area contributed by atoms with Crippen molar-refractivity contribution in [3.8, 4) is 0 Å². The third kappa shape index (κ3) is 2.80. The second kappa shape index (κ2) is 6.13. The molecule has 3 aromatic rings. The third-order valence-corrected chi connectivity index (χ3v) is 4.66. The summed E-state index contributed by atoms with van der Waals surface area (Å²) in [7, 11) is 4.17. The van der Waals surface area contributed by atoms with Crippen LogP contribution in [0.25, 0.3) is 11.0 Å². The van der Waals surface area contributed by atoms with Crippen molar-refractivity contribution in [1.29, 1.82) is 0 Å². The molecular weight excluding hydrogens is 300 g/mol. The van der Waals surface area contributed by atoms with Crippen molar-refractivity contribution < 1.29 is 0 Å². The Morgan fingerprint density at radius 1 is 0.917 bits per heavy atom. The van der Waals surface area contributed by atoms with Gasteiger partial charge in [-0.25, -0.2) is 9.97 Å². The summed E-state index contributed by atoms with van der Waals surface area (Å²) < 4.78 is 2.00. The number of hydrogen-bond donors (Lipinski definition) is 1. The number of rotatable bonds is 3. The molecule has 1 fully saturated rings. The summed E-state index contributed by atoms with van der Waals surface area (Å²) in [6.45, 7) is 4.40. The first kappa shape index (κ1) is 15.0. The number of fused-ring (bicyclic) bond motifs is 1. The molecule has 124 valence electrons. The summed E-state index contributed by atoms with van der Waals surface area (Å²) in [5.41, 5.74) is 3.25. The molecule has 3 heterocycles. The summed E-state index contributed by atoms with van der Waals surface area (Å²) in [6, 6.07) is 10.6. The highest BCUT2D eigenvalue weighted by atomic mass is 15.2. The maximum atomic E-state index is 4.38. The van der Waals surface area contributed by atoms with Crippen molar-refractivity contribution in [1.82, 2.24) is 19.4 Å². The molecule has 1 aliphatic rings. The third-order valence-electron chi connectivity index (χ3n) is 4.66. The van der Waals surface area contributed by atoms with E-state index >= 15 is 0 Å². The quantitative estimate of drug-likeness (QED) is 0.803. The maximum absolute atomic E-state index is 4.38. The number of hydrogen-bond acceptors (Lipinski definition) is 5. The van der Waals surface area contributed by atoms with Gasteiger partial charge in [-0.1, -0.05) is 0 Å². The summed E-state index contributed by atoms with van der Waals surface area (Å²) in [5, 5.41) is 4.44. The van der Waals surface area contributed by atoms with Crippen LogP contribution in [0.1, 0.15) is 0 Å². The van der Waals surface area contributed by atoms with Crippen LogP contribution in [0.2, 0.25) is 0 Å². The number of anilines is 3. The van der Waals surface area contributed by atoms with Crippen LogP contribution in [0.3, 0.4) is 0 Å². The fourth-order valence-corrected chi connectivity index (χ4v) is 3.13. The molecule has 1 N–H and O–H groups in total. The Morgan fingerprint density at radius 3 is 2.42 bits per heavy atom. The Morgan fingerprint density at radius 2 is 1.67 bits per heavy atom. The molecule has 1 aromatic carbocycles. The number of piperazine rings is 1. The Hall–Kier alpha value is -2.60. The fourth-order valence-electron chi connectivity index (χ4n) is 3.13. The van der Waals surface area contributed by atoms with Crippen LogP contribution >= 0.6 is 0 Å². The lowest BCUT2D eigenvalue weighted by atomic mass is 10.2. The minimum atomic E-state index is 0.841. The summed E-state index contributed by atoms with van der Waals surface area (Å²) in [4.78, 5) is 13.5. The van der Waals surface area contributed by atoms with Gasteiger partial charge in [0.15, 0.2) is 0 Å². The monoisotopic (exact) mass is 322 g/mol. The standard InChI is InChI=1S/C18H22N6/c1-22-9-11-24(12-10-22)15-5-3-14(4-6-15)21-17-16-7-8-23(2)18(16)20-13-19-17/h3-8,13H,9-12H2,1-2H3,(H,19,20,21). The molecule has 2 aromatic heterocycles. The normalized spacial score (nSPS) is 15.8. The van der Waals surface area contributed by atoms with Gasteiger partial charge in [0, 0.05) is 50.8 Å². The highest BCUT2D eigenvalue weighted by molar-refractivity contribution is 5.89. The molecule has 0 atom stereocenters. The first-order valence-electron chi connectivity index (χ1n) is 8.27. The van der Waals surface area contributed by atoms with E-state index in [9.17, 15) is 0 Å². The van der Waals surface area contributed by atoms with E-state index in [1.807, 2.05) is 23.9 Å². The van der Waals surface area contributed by atoms with Crippen LogP contribution in [-0.4, -0.2) is 52.7 Å². The van der Waals surface area contributed by atoms with Gasteiger partial charge in [-0.3, -0.25) is 0 Å². The minimum absolute atomic E-state index is 0.841. The Labute approximate surface area is 141 Å². The molecule has 6 nitrogen and oxygen atoms in total. The lowest BCUT2D eigenvalue weighted by molar-refractivity contribution is 0.313. The largest absolute Gasteiger partial charge is 0.369 e. The summed E-state index contributed by atoms with van der Waals surface area (Å²) in [6.07, 6.45) is 3.60. The zero-order valence-corrected chi connectivity index (χ0v) is 14.1. The summed E-state index contributed by atoms with van der Waals surface area (Å²) in [5.74, 6) is 0.841. The second-order valence-corrected chi connectivity index (χ2v) is 6.35. The van der Waals surface area contributed by atoms with Crippen LogP contribution < -0.4 is 10.2 Å². The van der Waals surface area contributed by atoms with E-state index in [0.717, 1.165) is 48.7 Å².